The molecule has 3 nitrogen and oxygen atoms in total. The van der Waals surface area contributed by atoms with Gasteiger partial charge in [0.25, 0.3) is 0 Å². The predicted molar refractivity (Wildman–Crippen MR) is 77.8 cm³/mol. The van der Waals surface area contributed by atoms with Crippen LogP contribution in [0.2, 0.25) is 5.15 Å². The number of methoxy groups -OCH3 is 1. The van der Waals surface area contributed by atoms with Crippen LogP contribution in [0.15, 0.2) is 24.3 Å². The lowest BCUT2D eigenvalue weighted by atomic mass is 10.1. The topological polar surface area (TPSA) is 27.1 Å². The summed E-state index contributed by atoms with van der Waals surface area (Å²) in [6.45, 7) is 3.11. The molecule has 0 spiro atoms. The van der Waals surface area contributed by atoms with Gasteiger partial charge in [0.1, 0.15) is 5.15 Å². The monoisotopic (exact) mass is 298 g/mol. The number of alkyl halides is 1. The van der Waals surface area contributed by atoms with Gasteiger partial charge >= 0.3 is 0 Å². The Morgan fingerprint density at radius 2 is 1.95 bits per heavy atom. The van der Waals surface area contributed by atoms with Crippen LogP contribution in [0.4, 0.5) is 0 Å². The van der Waals surface area contributed by atoms with Crippen LogP contribution in [0, 0.1) is 6.92 Å². The summed E-state index contributed by atoms with van der Waals surface area (Å²) >= 11 is 12.2. The summed E-state index contributed by atoms with van der Waals surface area (Å²) in [4.78, 5) is 0. The molecule has 0 N–H and O–H groups in total. The second-order valence-corrected chi connectivity index (χ2v) is 5.05. The van der Waals surface area contributed by atoms with Gasteiger partial charge in [0, 0.05) is 12.7 Å². The van der Waals surface area contributed by atoms with Gasteiger partial charge in [-0.1, -0.05) is 41.4 Å². The molecular weight excluding hydrogens is 283 g/mol. The summed E-state index contributed by atoms with van der Waals surface area (Å²) in [5.41, 5.74) is 4.03. The lowest BCUT2D eigenvalue weighted by molar-refractivity contribution is 0.180. The molecule has 0 aliphatic rings. The van der Waals surface area contributed by atoms with E-state index in [-0.39, 0.29) is 0 Å². The molecule has 0 aliphatic carbocycles. The molecule has 0 unspecified atom stereocenters. The first-order valence-corrected chi connectivity index (χ1v) is 6.91. The molecule has 5 heteroatoms. The summed E-state index contributed by atoms with van der Waals surface area (Å²) < 4.78 is 6.87. The van der Waals surface area contributed by atoms with Crippen LogP contribution in [0.1, 0.15) is 22.4 Å². The van der Waals surface area contributed by atoms with Crippen LogP contribution >= 0.6 is 23.2 Å². The Balaban J connectivity index is 2.27. The SMILES string of the molecule is COCc1nn(Cc2ccc(C)cc2)c(Cl)c1CCl. The second kappa shape index (κ2) is 6.42. The van der Waals surface area contributed by atoms with Crippen LogP contribution in [-0.4, -0.2) is 16.9 Å². The molecule has 0 saturated heterocycles. The fraction of sp³-hybridized carbons (Fsp3) is 0.357. The van der Waals surface area contributed by atoms with Crippen molar-refractivity contribution in [1.29, 1.82) is 0 Å². The minimum Gasteiger partial charge on any atom is -0.378 e. The lowest BCUT2D eigenvalue weighted by Gasteiger charge is -2.04. The van der Waals surface area contributed by atoms with Gasteiger partial charge in [0.2, 0.25) is 0 Å². The Labute approximate surface area is 123 Å². The third-order valence-electron chi connectivity index (χ3n) is 2.93. The van der Waals surface area contributed by atoms with Gasteiger partial charge in [-0.3, -0.25) is 0 Å². The van der Waals surface area contributed by atoms with E-state index >= 15 is 0 Å². The van der Waals surface area contributed by atoms with Gasteiger partial charge in [-0.05, 0) is 12.5 Å². The quantitative estimate of drug-likeness (QED) is 0.786. The first-order valence-electron chi connectivity index (χ1n) is 6.00. The number of aryl methyl sites for hydroxylation is 1. The van der Waals surface area contributed by atoms with E-state index in [0.717, 1.165) is 16.8 Å². The zero-order valence-corrected chi connectivity index (χ0v) is 12.5. The largest absolute Gasteiger partial charge is 0.378 e. The molecular formula is C14H16Cl2N2O. The molecule has 2 aromatic rings. The number of aromatic nitrogens is 2. The predicted octanol–water partition coefficient (Wildman–Crippen LogP) is 3.78. The standard InChI is InChI=1S/C14H16Cl2N2O/c1-10-3-5-11(6-4-10)8-18-14(16)12(7-15)13(17-18)9-19-2/h3-6H,7-9H2,1-2H3. The Kier molecular flexibility index (Phi) is 4.86. The second-order valence-electron chi connectivity index (χ2n) is 4.43. The molecule has 19 heavy (non-hydrogen) atoms. The molecule has 0 atom stereocenters. The normalized spacial score (nSPS) is 10.9. The molecule has 0 bridgehead atoms. The van der Waals surface area contributed by atoms with E-state index in [9.17, 15) is 0 Å². The molecule has 0 saturated carbocycles. The van der Waals surface area contributed by atoms with E-state index in [0.29, 0.717) is 24.2 Å². The van der Waals surface area contributed by atoms with Gasteiger partial charge in [-0.25, -0.2) is 4.68 Å². The van der Waals surface area contributed by atoms with E-state index in [1.54, 1.807) is 11.8 Å². The molecule has 2 rings (SSSR count). The first-order chi connectivity index (χ1) is 9.15. The van der Waals surface area contributed by atoms with Crippen molar-refractivity contribution in [2.45, 2.75) is 26.0 Å². The highest BCUT2D eigenvalue weighted by Gasteiger charge is 2.15. The zero-order chi connectivity index (χ0) is 13.8. The van der Waals surface area contributed by atoms with Crippen molar-refractivity contribution in [3.63, 3.8) is 0 Å². The van der Waals surface area contributed by atoms with E-state index in [1.165, 1.54) is 5.56 Å². The third kappa shape index (κ3) is 3.30. The van der Waals surface area contributed by atoms with Gasteiger partial charge in [0.15, 0.2) is 0 Å². The Morgan fingerprint density at radius 3 is 2.53 bits per heavy atom. The molecule has 1 aromatic carbocycles. The van der Waals surface area contributed by atoms with Crippen LogP contribution in [0.5, 0.6) is 0 Å². The van der Waals surface area contributed by atoms with Crippen LogP contribution in [0.3, 0.4) is 0 Å². The van der Waals surface area contributed by atoms with E-state index in [2.05, 4.69) is 36.3 Å². The van der Waals surface area contributed by atoms with Crippen molar-refractivity contribution in [2.24, 2.45) is 0 Å². The Morgan fingerprint density at radius 1 is 1.26 bits per heavy atom. The number of hydrogen-bond donors (Lipinski definition) is 0. The summed E-state index contributed by atoms with van der Waals surface area (Å²) in [5, 5.41) is 5.05. The van der Waals surface area contributed by atoms with Crippen molar-refractivity contribution in [1.82, 2.24) is 9.78 Å². The third-order valence-corrected chi connectivity index (χ3v) is 3.62. The summed E-state index contributed by atoms with van der Waals surface area (Å²) in [6, 6.07) is 8.30. The minimum atomic E-state index is 0.339. The van der Waals surface area contributed by atoms with E-state index < -0.39 is 0 Å². The zero-order valence-electron chi connectivity index (χ0n) is 11.0. The van der Waals surface area contributed by atoms with Crippen LogP contribution < -0.4 is 0 Å². The number of rotatable bonds is 5. The molecule has 0 aliphatic heterocycles. The molecule has 0 amide bonds. The summed E-state index contributed by atoms with van der Waals surface area (Å²) in [6.07, 6.45) is 0. The van der Waals surface area contributed by atoms with Gasteiger partial charge in [-0.2, -0.15) is 5.10 Å². The number of nitrogens with zero attached hydrogens (tertiary/aromatic N) is 2. The lowest BCUT2D eigenvalue weighted by Crippen LogP contribution is -2.02. The van der Waals surface area contributed by atoms with Gasteiger partial charge in [0.05, 0.1) is 24.7 Å². The smallest absolute Gasteiger partial charge is 0.132 e. The van der Waals surface area contributed by atoms with Crippen molar-refractivity contribution in [2.75, 3.05) is 7.11 Å². The van der Waals surface area contributed by atoms with E-state index in [4.69, 9.17) is 27.9 Å². The van der Waals surface area contributed by atoms with Crippen molar-refractivity contribution in [3.05, 3.63) is 51.8 Å². The highest BCUT2D eigenvalue weighted by molar-refractivity contribution is 6.31. The Hall–Kier alpha value is -1.03. The average Bonchev–Trinajstić information content (AvgIpc) is 2.69. The van der Waals surface area contributed by atoms with Crippen molar-refractivity contribution in [3.8, 4) is 0 Å². The maximum absolute atomic E-state index is 6.31. The van der Waals surface area contributed by atoms with Gasteiger partial charge < -0.3 is 4.74 Å². The Bertz CT molecular complexity index is 549. The fourth-order valence-corrected chi connectivity index (χ4v) is 2.50. The number of benzene rings is 1. The number of halogens is 2. The highest BCUT2D eigenvalue weighted by Crippen LogP contribution is 2.23. The van der Waals surface area contributed by atoms with Crippen molar-refractivity contribution < 1.29 is 4.74 Å². The van der Waals surface area contributed by atoms with Crippen LogP contribution in [0.25, 0.3) is 0 Å². The van der Waals surface area contributed by atoms with Gasteiger partial charge in [-0.15, -0.1) is 11.6 Å². The molecule has 1 heterocycles. The number of ether oxygens (including phenoxy) is 1. The first kappa shape index (κ1) is 14.4. The summed E-state index contributed by atoms with van der Waals surface area (Å²) in [7, 11) is 1.63. The highest BCUT2D eigenvalue weighted by atomic mass is 35.5. The fourth-order valence-electron chi connectivity index (χ4n) is 1.88. The van der Waals surface area contributed by atoms with E-state index in [1.807, 2.05) is 0 Å². The molecule has 0 fully saturated rings. The molecule has 0 radical (unpaired) electrons. The molecule has 102 valence electrons. The number of hydrogen-bond acceptors (Lipinski definition) is 2. The van der Waals surface area contributed by atoms with Crippen LogP contribution in [-0.2, 0) is 23.8 Å². The minimum absolute atomic E-state index is 0.339. The maximum atomic E-state index is 6.31. The van der Waals surface area contributed by atoms with Crippen molar-refractivity contribution >= 4 is 23.2 Å². The molecule has 1 aromatic heterocycles. The summed E-state index contributed by atoms with van der Waals surface area (Å²) in [5.74, 6) is 0.339. The average molecular weight is 299 g/mol. The maximum Gasteiger partial charge on any atom is 0.132 e.